The van der Waals surface area contributed by atoms with Crippen molar-refractivity contribution in [1.29, 1.82) is 0 Å². The molecular formula is C18H20N8. The van der Waals surface area contributed by atoms with Crippen LogP contribution in [0.4, 0.5) is 5.82 Å². The molecule has 4 rings (SSSR count). The van der Waals surface area contributed by atoms with Crippen LogP contribution >= 0.6 is 0 Å². The second-order valence-corrected chi connectivity index (χ2v) is 6.43. The van der Waals surface area contributed by atoms with Gasteiger partial charge < -0.3 is 5.32 Å². The van der Waals surface area contributed by atoms with Crippen molar-refractivity contribution in [3.05, 3.63) is 48.2 Å². The summed E-state index contributed by atoms with van der Waals surface area (Å²) in [6.45, 7) is 4.11. The van der Waals surface area contributed by atoms with Crippen molar-refractivity contribution in [2.24, 2.45) is 7.05 Å². The summed E-state index contributed by atoms with van der Waals surface area (Å²) in [5.41, 5.74) is 3.73. The quantitative estimate of drug-likeness (QED) is 0.575. The van der Waals surface area contributed by atoms with E-state index in [2.05, 4.69) is 43.6 Å². The molecule has 0 saturated heterocycles. The second kappa shape index (κ2) is 6.55. The third-order valence-electron chi connectivity index (χ3n) is 4.17. The Morgan fingerprint density at radius 2 is 2.15 bits per heavy atom. The Bertz CT molecular complexity index is 1030. The molecule has 132 valence electrons. The van der Waals surface area contributed by atoms with Gasteiger partial charge in [0.2, 0.25) is 0 Å². The zero-order chi connectivity index (χ0) is 18.1. The molecule has 0 radical (unpaired) electrons. The molecule has 0 amide bonds. The molecule has 1 unspecified atom stereocenters. The van der Waals surface area contributed by atoms with E-state index >= 15 is 0 Å². The number of anilines is 1. The lowest BCUT2D eigenvalue weighted by Gasteiger charge is -2.15. The lowest BCUT2D eigenvalue weighted by Crippen LogP contribution is -2.19. The summed E-state index contributed by atoms with van der Waals surface area (Å²) in [4.78, 5) is 13.5. The van der Waals surface area contributed by atoms with Crippen molar-refractivity contribution >= 4 is 16.9 Å². The summed E-state index contributed by atoms with van der Waals surface area (Å²) in [6.07, 6.45) is 6.07. The maximum atomic E-state index is 4.73. The highest BCUT2D eigenvalue weighted by Gasteiger charge is 2.15. The predicted octanol–water partition coefficient (Wildman–Crippen LogP) is 2.50. The van der Waals surface area contributed by atoms with E-state index in [9.17, 15) is 0 Å². The van der Waals surface area contributed by atoms with Crippen molar-refractivity contribution < 1.29 is 0 Å². The number of rotatable bonds is 5. The highest BCUT2D eigenvalue weighted by atomic mass is 15.3. The molecule has 4 aromatic rings. The molecule has 0 fully saturated rings. The Kier molecular flexibility index (Phi) is 4.08. The number of aromatic amines is 1. The largest absolute Gasteiger partial charge is 0.366 e. The summed E-state index contributed by atoms with van der Waals surface area (Å²) in [5, 5.41) is 16.0. The summed E-state index contributed by atoms with van der Waals surface area (Å²) < 4.78 is 1.75. The molecule has 4 aromatic heterocycles. The second-order valence-electron chi connectivity index (χ2n) is 6.43. The van der Waals surface area contributed by atoms with E-state index in [0.29, 0.717) is 5.82 Å². The molecule has 0 aliphatic heterocycles. The third-order valence-corrected chi connectivity index (χ3v) is 4.17. The lowest BCUT2D eigenvalue weighted by atomic mass is 10.1. The van der Waals surface area contributed by atoms with Crippen LogP contribution in [-0.4, -0.2) is 41.0 Å². The first-order chi connectivity index (χ1) is 12.6. The van der Waals surface area contributed by atoms with Crippen LogP contribution in [0.5, 0.6) is 0 Å². The molecular weight excluding hydrogens is 328 g/mol. The van der Waals surface area contributed by atoms with Crippen molar-refractivity contribution in [2.45, 2.75) is 26.3 Å². The minimum Gasteiger partial charge on any atom is -0.366 e. The number of hydrogen-bond donors (Lipinski definition) is 2. The summed E-state index contributed by atoms with van der Waals surface area (Å²) in [7, 11) is 1.88. The van der Waals surface area contributed by atoms with Gasteiger partial charge in [-0.3, -0.25) is 14.8 Å². The van der Waals surface area contributed by atoms with Gasteiger partial charge in [0.05, 0.1) is 17.3 Å². The van der Waals surface area contributed by atoms with Gasteiger partial charge in [0, 0.05) is 43.2 Å². The number of aryl methyl sites for hydroxylation is 2. The number of pyridine rings is 1. The SMILES string of the molecule is Cc1cc(CC(C)Nc2nc(-c3cccnc3)nc3c2cnn3C)n[nH]1. The Morgan fingerprint density at radius 1 is 1.27 bits per heavy atom. The molecule has 4 heterocycles. The molecule has 1 atom stereocenters. The van der Waals surface area contributed by atoms with Crippen LogP contribution < -0.4 is 5.32 Å². The first-order valence-corrected chi connectivity index (χ1v) is 8.47. The third kappa shape index (κ3) is 3.13. The first kappa shape index (κ1) is 16.2. The zero-order valence-corrected chi connectivity index (χ0v) is 14.9. The fourth-order valence-electron chi connectivity index (χ4n) is 2.93. The number of fused-ring (bicyclic) bond motifs is 1. The smallest absolute Gasteiger partial charge is 0.165 e. The van der Waals surface area contributed by atoms with E-state index in [-0.39, 0.29) is 6.04 Å². The minimum absolute atomic E-state index is 0.151. The van der Waals surface area contributed by atoms with Crippen molar-refractivity contribution in [2.75, 3.05) is 5.32 Å². The van der Waals surface area contributed by atoms with Gasteiger partial charge in [-0.05, 0) is 32.0 Å². The van der Waals surface area contributed by atoms with Gasteiger partial charge in [0.1, 0.15) is 5.82 Å². The van der Waals surface area contributed by atoms with Gasteiger partial charge in [-0.1, -0.05) is 0 Å². The molecule has 0 aromatic carbocycles. The topological polar surface area (TPSA) is 97.2 Å². The number of hydrogen-bond acceptors (Lipinski definition) is 6. The fraction of sp³-hybridized carbons (Fsp3) is 0.278. The average molecular weight is 348 g/mol. The monoisotopic (exact) mass is 348 g/mol. The average Bonchev–Trinajstić information content (AvgIpc) is 3.21. The molecule has 26 heavy (non-hydrogen) atoms. The highest BCUT2D eigenvalue weighted by Crippen LogP contribution is 2.25. The number of H-pyrrole nitrogens is 1. The zero-order valence-electron chi connectivity index (χ0n) is 14.9. The van der Waals surface area contributed by atoms with Crippen LogP contribution in [0, 0.1) is 6.92 Å². The van der Waals surface area contributed by atoms with E-state index in [1.54, 1.807) is 23.3 Å². The van der Waals surface area contributed by atoms with Crippen LogP contribution in [0.25, 0.3) is 22.4 Å². The van der Waals surface area contributed by atoms with Crippen molar-refractivity contribution in [1.82, 2.24) is 34.9 Å². The van der Waals surface area contributed by atoms with E-state index in [1.807, 2.05) is 26.1 Å². The molecule has 8 nitrogen and oxygen atoms in total. The number of aromatic nitrogens is 7. The van der Waals surface area contributed by atoms with Gasteiger partial charge in [0.15, 0.2) is 11.5 Å². The van der Waals surface area contributed by atoms with E-state index in [4.69, 9.17) is 4.98 Å². The van der Waals surface area contributed by atoms with Gasteiger partial charge >= 0.3 is 0 Å². The van der Waals surface area contributed by atoms with Crippen molar-refractivity contribution in [3.63, 3.8) is 0 Å². The molecule has 0 aliphatic carbocycles. The standard InChI is InChI=1S/C18H20N8/c1-11(7-14-8-12(2)24-25-14)21-17-15-10-20-26(3)18(15)23-16(22-17)13-5-4-6-19-9-13/h4-6,8-11H,7H2,1-3H3,(H,24,25)(H,21,22,23). The molecule has 0 bridgehead atoms. The van der Waals surface area contributed by atoms with Gasteiger partial charge in [-0.25, -0.2) is 9.97 Å². The van der Waals surface area contributed by atoms with Gasteiger partial charge in [-0.2, -0.15) is 10.2 Å². The van der Waals surface area contributed by atoms with E-state index in [1.165, 1.54) is 0 Å². The Balaban J connectivity index is 1.69. The lowest BCUT2D eigenvalue weighted by molar-refractivity contribution is 0.760. The Labute approximate surface area is 150 Å². The molecule has 0 spiro atoms. The van der Waals surface area contributed by atoms with E-state index in [0.717, 1.165) is 40.2 Å². The Hall–Kier alpha value is -3.29. The van der Waals surface area contributed by atoms with E-state index < -0.39 is 0 Å². The van der Waals surface area contributed by atoms with Crippen LogP contribution in [0.1, 0.15) is 18.3 Å². The maximum absolute atomic E-state index is 4.73. The maximum Gasteiger partial charge on any atom is 0.165 e. The predicted molar refractivity (Wildman–Crippen MR) is 99.6 cm³/mol. The van der Waals surface area contributed by atoms with Crippen LogP contribution in [0.3, 0.4) is 0 Å². The summed E-state index contributed by atoms with van der Waals surface area (Å²) in [6, 6.07) is 6.03. The molecule has 0 saturated carbocycles. The van der Waals surface area contributed by atoms with Crippen LogP contribution in [-0.2, 0) is 13.5 Å². The fourth-order valence-corrected chi connectivity index (χ4v) is 2.93. The van der Waals surface area contributed by atoms with Crippen molar-refractivity contribution in [3.8, 4) is 11.4 Å². The first-order valence-electron chi connectivity index (χ1n) is 8.47. The minimum atomic E-state index is 0.151. The summed E-state index contributed by atoms with van der Waals surface area (Å²) >= 11 is 0. The van der Waals surface area contributed by atoms with Crippen LogP contribution in [0.2, 0.25) is 0 Å². The molecule has 2 N–H and O–H groups in total. The Morgan fingerprint density at radius 3 is 2.88 bits per heavy atom. The van der Waals surface area contributed by atoms with Gasteiger partial charge in [-0.15, -0.1) is 0 Å². The molecule has 0 aliphatic rings. The highest BCUT2D eigenvalue weighted by molar-refractivity contribution is 5.88. The number of nitrogens with one attached hydrogen (secondary N) is 2. The number of nitrogens with zero attached hydrogens (tertiary/aromatic N) is 6. The molecule has 8 heteroatoms. The summed E-state index contributed by atoms with van der Waals surface area (Å²) in [5.74, 6) is 1.39. The van der Waals surface area contributed by atoms with Crippen LogP contribution in [0.15, 0.2) is 36.8 Å². The van der Waals surface area contributed by atoms with Gasteiger partial charge in [0.25, 0.3) is 0 Å². The normalized spacial score (nSPS) is 12.4.